The minimum atomic E-state index is -1.37. The second-order valence-corrected chi connectivity index (χ2v) is 15.2. The van der Waals surface area contributed by atoms with Gasteiger partial charge in [0.05, 0.1) is 54.1 Å². The molecule has 0 bridgehead atoms. The summed E-state index contributed by atoms with van der Waals surface area (Å²) >= 11 is 0. The molecule has 0 saturated carbocycles. The number of ether oxygens (including phenoxy) is 4. The van der Waals surface area contributed by atoms with Crippen molar-refractivity contribution in [2.24, 2.45) is 0 Å². The van der Waals surface area contributed by atoms with Gasteiger partial charge in [0, 0.05) is 39.2 Å². The van der Waals surface area contributed by atoms with Crippen molar-refractivity contribution in [1.82, 2.24) is 14.9 Å². The standard InChI is InChI=1S/C47H35F4N3O7/c48-29-16-27-33(18-31(29)50)52-40-36(27)38-39(46(57)53-45(38)56)37-28-17-30(49)32(51)19-34(28)54(41(37)40)47-44(60-22-26-14-8-3-9-15-26)43(59-21-25-12-6-2-7-13-25)42(55)35(61-47)23-58-20-24-10-4-1-5-11-24/h1-19,35,42-44,47,52,55H,20-23H2,(H,53,56,57)/t35-,42-,43+,44-,47?/m1/s1. The van der Waals surface area contributed by atoms with Gasteiger partial charge < -0.3 is 33.6 Å². The van der Waals surface area contributed by atoms with Crippen molar-refractivity contribution < 1.29 is 51.2 Å². The van der Waals surface area contributed by atoms with E-state index in [-0.39, 0.29) is 81.2 Å². The number of aromatic nitrogens is 2. The van der Waals surface area contributed by atoms with Crippen LogP contribution < -0.4 is 5.32 Å². The average molecular weight is 830 g/mol. The molecule has 5 atom stereocenters. The van der Waals surface area contributed by atoms with Crippen LogP contribution in [0.4, 0.5) is 17.6 Å². The fourth-order valence-electron chi connectivity index (χ4n) is 8.65. The van der Waals surface area contributed by atoms with Gasteiger partial charge in [-0.15, -0.1) is 0 Å². The number of H-pyrrole nitrogens is 1. The van der Waals surface area contributed by atoms with E-state index in [9.17, 15) is 23.5 Å². The van der Waals surface area contributed by atoms with Crippen LogP contribution in [0.5, 0.6) is 0 Å². The number of carbonyl (C=O) groups excluding carboxylic acids is 2. The Kier molecular flexibility index (Phi) is 9.89. The highest BCUT2D eigenvalue weighted by molar-refractivity contribution is 6.39. The molecular weight excluding hydrogens is 795 g/mol. The number of aliphatic hydroxyl groups excluding tert-OH is 1. The molecule has 10 nitrogen and oxygen atoms in total. The molecule has 1 unspecified atom stereocenters. The van der Waals surface area contributed by atoms with Crippen LogP contribution in [0, 0.1) is 23.3 Å². The number of carbonyl (C=O) groups is 2. The van der Waals surface area contributed by atoms with Crippen LogP contribution in [0.25, 0.3) is 43.6 Å². The highest BCUT2D eigenvalue weighted by atomic mass is 19.2. The van der Waals surface area contributed by atoms with E-state index in [1.165, 1.54) is 4.57 Å². The maximum atomic E-state index is 15.7. The number of amides is 2. The lowest BCUT2D eigenvalue weighted by molar-refractivity contribution is -0.278. The van der Waals surface area contributed by atoms with Gasteiger partial charge >= 0.3 is 0 Å². The lowest BCUT2D eigenvalue weighted by Gasteiger charge is -2.45. The van der Waals surface area contributed by atoms with Crippen molar-refractivity contribution in [3.8, 4) is 0 Å². The fraction of sp³-hybridized carbons (Fsp3) is 0.191. The maximum absolute atomic E-state index is 15.7. The number of imide groups is 1. The van der Waals surface area contributed by atoms with Crippen LogP contribution in [0.15, 0.2) is 115 Å². The molecule has 0 aliphatic carbocycles. The molecule has 2 aliphatic heterocycles. The number of hydrogen-bond acceptors (Lipinski definition) is 7. The molecule has 4 heterocycles. The number of aliphatic hydroxyl groups is 1. The number of halogens is 4. The van der Waals surface area contributed by atoms with Crippen molar-refractivity contribution in [1.29, 1.82) is 0 Å². The summed E-state index contributed by atoms with van der Waals surface area (Å²) in [6.07, 6.45) is -6.22. The van der Waals surface area contributed by atoms with Crippen molar-refractivity contribution >= 4 is 55.4 Å². The van der Waals surface area contributed by atoms with E-state index >= 15 is 8.78 Å². The number of benzene rings is 6. The number of nitrogens with zero attached hydrogens (tertiary/aromatic N) is 1. The van der Waals surface area contributed by atoms with Gasteiger partial charge in [-0.05, 0) is 28.8 Å². The van der Waals surface area contributed by atoms with Crippen molar-refractivity contribution in [3.63, 3.8) is 0 Å². The first-order valence-electron chi connectivity index (χ1n) is 19.6. The van der Waals surface area contributed by atoms with Gasteiger partial charge in [0.2, 0.25) is 0 Å². The van der Waals surface area contributed by atoms with Gasteiger partial charge in [0.1, 0.15) is 24.4 Å². The highest BCUT2D eigenvalue weighted by Crippen LogP contribution is 2.47. The van der Waals surface area contributed by atoms with Crippen LogP contribution in [-0.4, -0.2) is 57.5 Å². The third-order valence-corrected chi connectivity index (χ3v) is 11.4. The van der Waals surface area contributed by atoms with Gasteiger partial charge in [-0.3, -0.25) is 14.9 Å². The smallest absolute Gasteiger partial charge is 0.259 e. The Balaban J connectivity index is 1.23. The molecule has 0 spiro atoms. The largest absolute Gasteiger partial charge is 0.387 e. The van der Waals surface area contributed by atoms with E-state index in [1.807, 2.05) is 91.0 Å². The molecule has 61 heavy (non-hydrogen) atoms. The Morgan fingerprint density at radius 1 is 0.639 bits per heavy atom. The zero-order chi connectivity index (χ0) is 41.9. The molecular formula is C47H35F4N3O7. The van der Waals surface area contributed by atoms with E-state index in [1.54, 1.807) is 0 Å². The summed E-state index contributed by atoms with van der Waals surface area (Å²) in [7, 11) is 0. The van der Waals surface area contributed by atoms with Crippen LogP contribution in [0.1, 0.15) is 43.6 Å². The van der Waals surface area contributed by atoms with Gasteiger partial charge in [0.25, 0.3) is 11.8 Å². The first-order valence-corrected chi connectivity index (χ1v) is 19.6. The van der Waals surface area contributed by atoms with E-state index in [0.717, 1.165) is 41.0 Å². The molecule has 8 aromatic rings. The third kappa shape index (κ3) is 6.73. The molecule has 1 fully saturated rings. The number of rotatable bonds is 11. The van der Waals surface area contributed by atoms with Gasteiger partial charge in [-0.25, -0.2) is 17.6 Å². The predicted molar refractivity (Wildman–Crippen MR) is 216 cm³/mol. The first-order chi connectivity index (χ1) is 29.7. The lowest BCUT2D eigenvalue weighted by atomic mass is 9.96. The second kappa shape index (κ2) is 15.6. The Hall–Kier alpha value is -6.42. The van der Waals surface area contributed by atoms with Crippen LogP contribution in [0.2, 0.25) is 0 Å². The zero-order valence-corrected chi connectivity index (χ0v) is 32.0. The monoisotopic (exact) mass is 829 g/mol. The van der Waals surface area contributed by atoms with Crippen molar-refractivity contribution in [2.45, 2.75) is 50.5 Å². The molecule has 2 aromatic heterocycles. The molecule has 2 amide bonds. The predicted octanol–water partition coefficient (Wildman–Crippen LogP) is 8.51. The Morgan fingerprint density at radius 2 is 1.16 bits per heavy atom. The van der Waals surface area contributed by atoms with E-state index in [0.29, 0.717) is 0 Å². The lowest BCUT2D eigenvalue weighted by Crippen LogP contribution is -2.58. The Labute approximate surface area is 344 Å². The molecule has 1 saturated heterocycles. The number of aromatic amines is 1. The Bertz CT molecular complexity index is 3000. The average Bonchev–Trinajstić information content (AvgIpc) is 3.89. The molecule has 308 valence electrons. The SMILES string of the molecule is O=C1NC(=O)c2c1c1c3cc(F)c(F)cc3[nH]c1c1c2c2cc(F)c(F)cc2n1C1O[C@H](COCc2ccccc2)[C@@H](O)[C@H](OCc2ccccc2)[C@H]1OCc1ccccc1. The first kappa shape index (κ1) is 38.8. The zero-order valence-electron chi connectivity index (χ0n) is 32.0. The quantitative estimate of drug-likeness (QED) is 0.0883. The van der Waals surface area contributed by atoms with Crippen LogP contribution in [-0.2, 0) is 38.8 Å². The minimum Gasteiger partial charge on any atom is -0.387 e. The van der Waals surface area contributed by atoms with Gasteiger partial charge in [0.15, 0.2) is 29.5 Å². The van der Waals surface area contributed by atoms with Gasteiger partial charge in [-0.2, -0.15) is 0 Å². The highest BCUT2D eigenvalue weighted by Gasteiger charge is 2.49. The fourth-order valence-corrected chi connectivity index (χ4v) is 8.65. The van der Waals surface area contributed by atoms with Crippen molar-refractivity contribution in [2.75, 3.05) is 6.61 Å². The van der Waals surface area contributed by atoms with E-state index < -0.39 is 65.7 Å². The summed E-state index contributed by atoms with van der Waals surface area (Å²) in [5.74, 6) is -6.49. The normalized spacial score (nSPS) is 20.3. The summed E-state index contributed by atoms with van der Waals surface area (Å²) in [5.41, 5.74) is 2.41. The van der Waals surface area contributed by atoms with Crippen LogP contribution >= 0.6 is 0 Å². The number of nitrogens with one attached hydrogen (secondary N) is 2. The molecule has 6 aromatic carbocycles. The van der Waals surface area contributed by atoms with E-state index in [2.05, 4.69) is 10.3 Å². The third-order valence-electron chi connectivity index (χ3n) is 11.4. The molecule has 0 radical (unpaired) electrons. The number of fused-ring (bicyclic) bond motifs is 10. The van der Waals surface area contributed by atoms with Crippen molar-refractivity contribution in [3.05, 3.63) is 166 Å². The van der Waals surface area contributed by atoms with Crippen LogP contribution in [0.3, 0.4) is 0 Å². The second-order valence-electron chi connectivity index (χ2n) is 15.2. The summed E-state index contributed by atoms with van der Waals surface area (Å²) in [6.45, 7) is 0.0327. The molecule has 10 rings (SSSR count). The summed E-state index contributed by atoms with van der Waals surface area (Å²) in [6, 6.07) is 31.6. The minimum absolute atomic E-state index is 0.00869. The topological polar surface area (TPSA) is 124 Å². The Morgan fingerprint density at radius 3 is 1.79 bits per heavy atom. The van der Waals surface area contributed by atoms with Gasteiger partial charge in [-0.1, -0.05) is 91.0 Å². The summed E-state index contributed by atoms with van der Waals surface area (Å²) in [4.78, 5) is 30.6. The molecule has 3 N–H and O–H groups in total. The van der Waals surface area contributed by atoms with E-state index in [4.69, 9.17) is 18.9 Å². The molecule has 14 heteroatoms. The molecule has 2 aliphatic rings. The maximum Gasteiger partial charge on any atom is 0.259 e. The summed E-state index contributed by atoms with van der Waals surface area (Å²) < 4.78 is 88.7. The number of hydrogen-bond donors (Lipinski definition) is 3. The summed E-state index contributed by atoms with van der Waals surface area (Å²) in [5, 5.41) is 14.7.